The Balaban J connectivity index is 1.62. The molecule has 13 heteroatoms. The van der Waals surface area contributed by atoms with Crippen molar-refractivity contribution in [2.75, 3.05) is 19.8 Å². The number of carbonyl (C=O) groups excluding carboxylic acids is 2. The van der Waals surface area contributed by atoms with Crippen LogP contribution < -0.4 is 5.32 Å². The van der Waals surface area contributed by atoms with E-state index in [9.17, 15) is 22.9 Å². The van der Waals surface area contributed by atoms with Gasteiger partial charge >= 0.3 is 25.7 Å². The van der Waals surface area contributed by atoms with Crippen molar-refractivity contribution in [3.63, 3.8) is 0 Å². The van der Waals surface area contributed by atoms with Crippen LogP contribution in [-0.2, 0) is 32.4 Å². The zero-order valence-corrected chi connectivity index (χ0v) is 17.7. The Hall–Kier alpha value is -1.59. The van der Waals surface area contributed by atoms with Crippen LogP contribution in [0.3, 0.4) is 0 Å². The van der Waals surface area contributed by atoms with Crippen LogP contribution in [0, 0.1) is 5.92 Å². The molecule has 0 saturated carbocycles. The van der Waals surface area contributed by atoms with Gasteiger partial charge in [-0.15, -0.1) is 0 Å². The molecule has 30 heavy (non-hydrogen) atoms. The van der Waals surface area contributed by atoms with E-state index in [0.29, 0.717) is 0 Å². The number of phosphoric ester groups is 1. The third-order valence-electron chi connectivity index (χ3n) is 4.85. The zero-order valence-electron chi connectivity index (χ0n) is 16.8. The molecule has 170 valence electrons. The Labute approximate surface area is 172 Å². The number of urea groups is 1. The van der Waals surface area contributed by atoms with Crippen LogP contribution in [0.25, 0.3) is 0 Å². The number of nitrogens with zero attached hydrogens (tertiary/aromatic N) is 1. The van der Waals surface area contributed by atoms with Gasteiger partial charge < -0.3 is 14.8 Å². The average molecular weight is 454 g/mol. The highest BCUT2D eigenvalue weighted by molar-refractivity contribution is 7.48. The average Bonchev–Trinajstić information content (AvgIpc) is 2.92. The topological polar surface area (TPSA) is 113 Å². The maximum Gasteiger partial charge on any atom is 0.475 e. The van der Waals surface area contributed by atoms with Crippen molar-refractivity contribution in [2.24, 2.45) is 5.92 Å². The lowest BCUT2D eigenvalue weighted by molar-refractivity contribution is -0.148. The number of rotatable bonds is 7. The van der Waals surface area contributed by atoms with E-state index in [0.717, 1.165) is 4.90 Å². The molecule has 3 aliphatic rings. The first-order valence-electron chi connectivity index (χ1n) is 9.62. The number of esters is 1. The summed E-state index contributed by atoms with van der Waals surface area (Å²) < 4.78 is 67.9. The quantitative estimate of drug-likeness (QED) is 0.461. The molecule has 0 bridgehead atoms. The van der Waals surface area contributed by atoms with Gasteiger partial charge in [-0.1, -0.05) is 6.92 Å². The molecule has 3 rings (SSSR count). The Kier molecular flexibility index (Phi) is 6.83. The number of ether oxygens (including phenoxy) is 2. The number of fused-ring (bicyclic) bond motifs is 1. The molecule has 3 heterocycles. The van der Waals surface area contributed by atoms with Crippen LogP contribution in [0.2, 0.25) is 0 Å². The summed E-state index contributed by atoms with van der Waals surface area (Å²) in [5, 5.41) is 2.50. The molecule has 0 aromatic heterocycles. The van der Waals surface area contributed by atoms with Crippen LogP contribution in [0.15, 0.2) is 12.3 Å². The molecule has 1 N–H and O–H groups in total. The molecule has 0 spiro atoms. The van der Waals surface area contributed by atoms with Crippen molar-refractivity contribution < 1.29 is 46.0 Å². The van der Waals surface area contributed by atoms with E-state index in [1.807, 2.05) is 0 Å². The molecule has 3 aliphatic heterocycles. The van der Waals surface area contributed by atoms with E-state index in [2.05, 4.69) is 5.32 Å². The van der Waals surface area contributed by atoms with Gasteiger partial charge in [0.15, 0.2) is 6.10 Å². The summed E-state index contributed by atoms with van der Waals surface area (Å²) in [6.45, 7) is 4.48. The van der Waals surface area contributed by atoms with E-state index < -0.39 is 56.7 Å². The Morgan fingerprint density at radius 3 is 2.90 bits per heavy atom. The molecule has 6 atom stereocenters. The van der Waals surface area contributed by atoms with Crippen molar-refractivity contribution in [1.82, 2.24) is 10.2 Å². The van der Waals surface area contributed by atoms with Gasteiger partial charge in [0.1, 0.15) is 6.10 Å². The van der Waals surface area contributed by atoms with E-state index in [-0.39, 0.29) is 25.7 Å². The van der Waals surface area contributed by atoms with Crippen molar-refractivity contribution in [3.8, 4) is 0 Å². The van der Waals surface area contributed by atoms with E-state index in [1.165, 1.54) is 12.3 Å². The van der Waals surface area contributed by atoms with Gasteiger partial charge in [0, 0.05) is 12.2 Å². The summed E-state index contributed by atoms with van der Waals surface area (Å²) in [7, 11) is -4.31. The number of nitrogens with one attached hydrogen (secondary N) is 1. The molecular formula is C17H25F2N2O8P. The molecule has 2 saturated heterocycles. The molecule has 2 fully saturated rings. The molecule has 10 nitrogen and oxygen atoms in total. The van der Waals surface area contributed by atoms with E-state index >= 15 is 0 Å². The first kappa shape index (κ1) is 23.1. The number of hydrogen-bond acceptors (Lipinski definition) is 8. The summed E-state index contributed by atoms with van der Waals surface area (Å²) in [6, 6.07) is -1.06. The second-order valence-electron chi connectivity index (χ2n) is 7.23. The van der Waals surface area contributed by atoms with Crippen LogP contribution in [0.4, 0.5) is 13.6 Å². The minimum Gasteiger partial charge on any atom is -0.466 e. The van der Waals surface area contributed by atoms with Crippen molar-refractivity contribution in [1.29, 1.82) is 0 Å². The highest BCUT2D eigenvalue weighted by Crippen LogP contribution is 2.58. The van der Waals surface area contributed by atoms with Crippen LogP contribution in [0.5, 0.6) is 0 Å². The molecule has 0 aromatic carbocycles. The van der Waals surface area contributed by atoms with Gasteiger partial charge in [0.05, 0.1) is 25.7 Å². The maximum atomic E-state index is 15.0. The smallest absolute Gasteiger partial charge is 0.466 e. The van der Waals surface area contributed by atoms with Crippen molar-refractivity contribution in [2.45, 2.75) is 57.6 Å². The summed E-state index contributed by atoms with van der Waals surface area (Å²) >= 11 is 0. The minimum atomic E-state index is -4.31. The monoisotopic (exact) mass is 454 g/mol. The highest BCUT2D eigenvalue weighted by Gasteiger charge is 2.66. The predicted molar refractivity (Wildman–Crippen MR) is 97.4 cm³/mol. The number of amides is 2. The minimum absolute atomic E-state index is 0.135. The third kappa shape index (κ3) is 4.67. The first-order valence-corrected chi connectivity index (χ1v) is 11.1. The van der Waals surface area contributed by atoms with Gasteiger partial charge in [-0.25, -0.2) is 9.36 Å². The number of carbonyl (C=O) groups is 2. The largest absolute Gasteiger partial charge is 0.475 e. The number of halogens is 2. The lowest BCUT2D eigenvalue weighted by Gasteiger charge is -2.34. The second-order valence-corrected chi connectivity index (χ2v) is 8.85. The summed E-state index contributed by atoms with van der Waals surface area (Å²) in [6.07, 6.45) is -2.24. The van der Waals surface area contributed by atoms with Gasteiger partial charge in [-0.05, 0) is 26.3 Å². The number of alkyl halides is 2. The first-order chi connectivity index (χ1) is 14.1. The van der Waals surface area contributed by atoms with E-state index in [4.69, 9.17) is 23.0 Å². The molecule has 2 unspecified atom stereocenters. The maximum absolute atomic E-state index is 15.0. The molecule has 2 amide bonds. The van der Waals surface area contributed by atoms with E-state index in [1.54, 1.807) is 20.8 Å². The fraction of sp³-hybridized carbons (Fsp3) is 0.765. The number of hydrogen-bond donors (Lipinski definition) is 1. The Morgan fingerprint density at radius 2 is 2.23 bits per heavy atom. The normalized spacial score (nSPS) is 36.2. The van der Waals surface area contributed by atoms with Gasteiger partial charge in [-0.2, -0.15) is 8.78 Å². The summed E-state index contributed by atoms with van der Waals surface area (Å²) in [5.41, 5.74) is 0. The lowest BCUT2D eigenvalue weighted by Crippen LogP contribution is -2.55. The highest BCUT2D eigenvalue weighted by atomic mass is 31.2. The van der Waals surface area contributed by atoms with Crippen molar-refractivity contribution >= 4 is 19.8 Å². The molecule has 0 aromatic rings. The van der Waals surface area contributed by atoms with Crippen LogP contribution in [0.1, 0.15) is 27.2 Å². The molecular weight excluding hydrogens is 429 g/mol. The lowest BCUT2D eigenvalue weighted by atomic mass is 10.1. The van der Waals surface area contributed by atoms with Gasteiger partial charge in [-0.3, -0.25) is 23.3 Å². The SMILES string of the molecule is CCOC(=O)[C@H](C)CCOP1(=O)OC[C@H]2O[C@@H](N3C=CC(C)NC3=O)C(F)(F)[C@@H]2O1. The van der Waals surface area contributed by atoms with Crippen LogP contribution >= 0.6 is 7.82 Å². The van der Waals surface area contributed by atoms with Crippen molar-refractivity contribution in [3.05, 3.63) is 12.3 Å². The zero-order chi connectivity index (χ0) is 22.1. The van der Waals surface area contributed by atoms with Gasteiger partial charge in [0.2, 0.25) is 6.23 Å². The Morgan fingerprint density at radius 1 is 1.50 bits per heavy atom. The Bertz CT molecular complexity index is 751. The number of phosphoric acid groups is 1. The molecule has 0 radical (unpaired) electrons. The van der Waals surface area contributed by atoms with Gasteiger partial charge in [0.25, 0.3) is 0 Å². The standard InChI is InChI=1S/C17H25F2N2O8P/c1-4-25-14(22)10(2)6-8-26-30(24)27-9-12-13(29-30)17(18,19)15(28-12)21-7-5-11(3)20-16(21)23/h5,7,10-13,15H,4,6,8-9H2,1-3H3,(H,20,23)/t10-,11?,12-,13-,15-,30?/m1/s1. The summed E-state index contributed by atoms with van der Waals surface area (Å²) in [5.74, 6) is -4.67. The fourth-order valence-electron chi connectivity index (χ4n) is 3.17. The predicted octanol–water partition coefficient (Wildman–Crippen LogP) is 2.40. The third-order valence-corrected chi connectivity index (χ3v) is 6.30. The fourth-order valence-corrected chi connectivity index (χ4v) is 4.58. The summed E-state index contributed by atoms with van der Waals surface area (Å²) in [4.78, 5) is 24.4. The molecule has 0 aliphatic carbocycles. The second kappa shape index (κ2) is 8.88. The van der Waals surface area contributed by atoms with Crippen LogP contribution in [-0.4, -0.2) is 67.1 Å².